The lowest BCUT2D eigenvalue weighted by atomic mass is 9.98. The van der Waals surface area contributed by atoms with E-state index in [1.54, 1.807) is 11.3 Å². The molecule has 0 bridgehead atoms. The SMILES string of the molecule is c1ccc(CN2C[C@@H]3CC[C@H](NCc4cncs4)[C@H]3C2)cc1. The van der Waals surface area contributed by atoms with Gasteiger partial charge in [-0.1, -0.05) is 30.3 Å². The van der Waals surface area contributed by atoms with Crippen LogP contribution in [-0.4, -0.2) is 29.0 Å². The maximum atomic E-state index is 4.16. The number of fused-ring (bicyclic) bond motifs is 1. The van der Waals surface area contributed by atoms with Gasteiger partial charge in [-0.25, -0.2) is 0 Å². The first kappa shape index (κ1) is 14.4. The molecule has 1 aromatic heterocycles. The molecule has 1 aromatic carbocycles. The summed E-state index contributed by atoms with van der Waals surface area (Å²) in [5, 5.41) is 3.78. The van der Waals surface area contributed by atoms with Crippen molar-refractivity contribution in [3.05, 3.63) is 52.5 Å². The highest BCUT2D eigenvalue weighted by atomic mass is 32.1. The third kappa shape index (κ3) is 3.09. The van der Waals surface area contributed by atoms with Gasteiger partial charge in [0.2, 0.25) is 0 Å². The van der Waals surface area contributed by atoms with E-state index in [4.69, 9.17) is 0 Å². The zero-order valence-electron chi connectivity index (χ0n) is 12.8. The summed E-state index contributed by atoms with van der Waals surface area (Å²) < 4.78 is 0. The summed E-state index contributed by atoms with van der Waals surface area (Å²) in [6.07, 6.45) is 4.71. The van der Waals surface area contributed by atoms with Crippen molar-refractivity contribution in [1.29, 1.82) is 0 Å². The van der Waals surface area contributed by atoms with Crippen molar-refractivity contribution in [2.24, 2.45) is 11.8 Å². The maximum absolute atomic E-state index is 4.16. The van der Waals surface area contributed by atoms with Crippen LogP contribution in [-0.2, 0) is 13.1 Å². The predicted molar refractivity (Wildman–Crippen MR) is 90.7 cm³/mol. The summed E-state index contributed by atoms with van der Waals surface area (Å²) in [7, 11) is 0. The molecule has 1 aliphatic heterocycles. The molecule has 2 aromatic rings. The molecule has 116 valence electrons. The maximum Gasteiger partial charge on any atom is 0.0794 e. The zero-order chi connectivity index (χ0) is 14.8. The van der Waals surface area contributed by atoms with Crippen molar-refractivity contribution >= 4 is 11.3 Å². The van der Waals surface area contributed by atoms with Crippen LogP contribution in [0.3, 0.4) is 0 Å². The Kier molecular flexibility index (Phi) is 4.24. The third-order valence-corrected chi connectivity index (χ3v) is 5.98. The van der Waals surface area contributed by atoms with Crippen LogP contribution in [0.25, 0.3) is 0 Å². The highest BCUT2D eigenvalue weighted by Gasteiger charge is 2.42. The fraction of sp³-hybridized carbons (Fsp3) is 0.500. The summed E-state index contributed by atoms with van der Waals surface area (Å²) in [4.78, 5) is 8.16. The number of nitrogens with zero attached hydrogens (tertiary/aromatic N) is 2. The van der Waals surface area contributed by atoms with E-state index >= 15 is 0 Å². The minimum Gasteiger partial charge on any atom is -0.309 e. The van der Waals surface area contributed by atoms with Crippen LogP contribution < -0.4 is 5.32 Å². The molecule has 2 fully saturated rings. The van der Waals surface area contributed by atoms with Crippen molar-refractivity contribution in [3.8, 4) is 0 Å². The van der Waals surface area contributed by atoms with Crippen LogP contribution in [0.15, 0.2) is 42.0 Å². The smallest absolute Gasteiger partial charge is 0.0794 e. The second kappa shape index (κ2) is 6.49. The fourth-order valence-electron chi connectivity index (χ4n) is 4.14. The van der Waals surface area contributed by atoms with Crippen LogP contribution in [0.1, 0.15) is 23.3 Å². The highest BCUT2D eigenvalue weighted by Crippen LogP contribution is 2.38. The van der Waals surface area contributed by atoms with Gasteiger partial charge < -0.3 is 5.32 Å². The van der Waals surface area contributed by atoms with Gasteiger partial charge in [-0.05, 0) is 30.2 Å². The Morgan fingerprint density at radius 2 is 2.09 bits per heavy atom. The second-order valence-corrected chi connectivity index (χ2v) is 7.61. The Hall–Kier alpha value is -1.23. The number of hydrogen-bond acceptors (Lipinski definition) is 4. The summed E-state index contributed by atoms with van der Waals surface area (Å²) in [5.41, 5.74) is 3.36. The van der Waals surface area contributed by atoms with Crippen LogP contribution in [0.2, 0.25) is 0 Å². The normalized spacial score (nSPS) is 28.1. The lowest BCUT2D eigenvalue weighted by Gasteiger charge is -2.21. The number of thiazole rings is 1. The quantitative estimate of drug-likeness (QED) is 0.919. The summed E-state index contributed by atoms with van der Waals surface area (Å²) in [6.45, 7) is 4.62. The number of rotatable bonds is 5. The zero-order valence-corrected chi connectivity index (χ0v) is 13.6. The van der Waals surface area contributed by atoms with Gasteiger partial charge in [-0.2, -0.15) is 0 Å². The molecule has 0 radical (unpaired) electrons. The molecule has 4 heteroatoms. The molecule has 0 spiro atoms. The predicted octanol–water partition coefficient (Wildman–Crippen LogP) is 3.14. The average molecular weight is 313 g/mol. The van der Waals surface area contributed by atoms with Crippen molar-refractivity contribution in [3.63, 3.8) is 0 Å². The number of hydrogen-bond donors (Lipinski definition) is 1. The Morgan fingerprint density at radius 3 is 2.91 bits per heavy atom. The molecule has 0 amide bonds. The van der Waals surface area contributed by atoms with E-state index in [1.807, 2.05) is 11.7 Å². The average Bonchev–Trinajstić information content (AvgIpc) is 3.24. The first-order chi connectivity index (χ1) is 10.9. The summed E-state index contributed by atoms with van der Waals surface area (Å²) >= 11 is 1.75. The van der Waals surface area contributed by atoms with E-state index in [1.165, 1.54) is 36.4 Å². The molecule has 3 nitrogen and oxygen atoms in total. The third-order valence-electron chi connectivity index (χ3n) is 5.20. The van der Waals surface area contributed by atoms with E-state index in [0.29, 0.717) is 6.04 Å². The largest absolute Gasteiger partial charge is 0.309 e. The van der Waals surface area contributed by atoms with Gasteiger partial charge >= 0.3 is 0 Å². The highest BCUT2D eigenvalue weighted by molar-refractivity contribution is 7.09. The van der Waals surface area contributed by atoms with Gasteiger partial charge in [0.15, 0.2) is 0 Å². The topological polar surface area (TPSA) is 28.2 Å². The molecule has 2 heterocycles. The van der Waals surface area contributed by atoms with Crippen molar-refractivity contribution in [2.75, 3.05) is 13.1 Å². The van der Waals surface area contributed by atoms with Gasteiger partial charge in [0, 0.05) is 43.3 Å². The van der Waals surface area contributed by atoms with Crippen molar-refractivity contribution < 1.29 is 0 Å². The number of benzene rings is 1. The number of aromatic nitrogens is 1. The minimum atomic E-state index is 0.688. The monoisotopic (exact) mass is 313 g/mol. The molecule has 3 atom stereocenters. The number of nitrogens with one attached hydrogen (secondary N) is 1. The van der Waals surface area contributed by atoms with Crippen LogP contribution in [0, 0.1) is 11.8 Å². The second-order valence-electron chi connectivity index (χ2n) is 6.64. The lowest BCUT2D eigenvalue weighted by molar-refractivity contribution is 0.289. The molecular weight excluding hydrogens is 290 g/mol. The van der Waals surface area contributed by atoms with Gasteiger partial charge in [0.1, 0.15) is 0 Å². The molecular formula is C18H23N3S. The fourth-order valence-corrected chi connectivity index (χ4v) is 4.69. The Morgan fingerprint density at radius 1 is 1.18 bits per heavy atom. The van der Waals surface area contributed by atoms with Crippen LogP contribution in [0.5, 0.6) is 0 Å². The molecule has 1 aliphatic carbocycles. The molecule has 1 N–H and O–H groups in total. The van der Waals surface area contributed by atoms with Crippen molar-refractivity contribution in [1.82, 2.24) is 15.2 Å². The molecule has 0 unspecified atom stereocenters. The standard InChI is InChI=1S/C18H23N3S/c1-2-4-14(5-3-1)10-21-11-15-6-7-18(17(15)12-21)20-9-16-8-19-13-22-16/h1-5,8,13,15,17-18,20H,6-7,9-12H2/t15-,17-,18-/m0/s1. The number of likely N-dealkylation sites (tertiary alicyclic amines) is 1. The molecule has 1 saturated carbocycles. The van der Waals surface area contributed by atoms with Gasteiger partial charge in [0.05, 0.1) is 5.51 Å². The molecule has 2 aliphatic rings. The van der Waals surface area contributed by atoms with Crippen LogP contribution >= 0.6 is 11.3 Å². The molecule has 22 heavy (non-hydrogen) atoms. The Bertz CT molecular complexity index is 584. The van der Waals surface area contributed by atoms with E-state index in [9.17, 15) is 0 Å². The van der Waals surface area contributed by atoms with E-state index in [0.717, 1.165) is 24.9 Å². The first-order valence-corrected chi connectivity index (χ1v) is 9.13. The van der Waals surface area contributed by atoms with E-state index < -0.39 is 0 Å². The molecule has 1 saturated heterocycles. The van der Waals surface area contributed by atoms with E-state index in [2.05, 4.69) is 45.5 Å². The van der Waals surface area contributed by atoms with Crippen LogP contribution in [0.4, 0.5) is 0 Å². The van der Waals surface area contributed by atoms with Gasteiger partial charge in [0.25, 0.3) is 0 Å². The Labute approximate surface area is 136 Å². The van der Waals surface area contributed by atoms with Gasteiger partial charge in [-0.3, -0.25) is 9.88 Å². The first-order valence-electron chi connectivity index (χ1n) is 8.25. The lowest BCUT2D eigenvalue weighted by Crippen LogP contribution is -2.35. The van der Waals surface area contributed by atoms with Gasteiger partial charge in [-0.15, -0.1) is 11.3 Å². The van der Waals surface area contributed by atoms with E-state index in [-0.39, 0.29) is 0 Å². The Balaban J connectivity index is 1.33. The summed E-state index contributed by atoms with van der Waals surface area (Å²) in [6, 6.07) is 11.6. The minimum absolute atomic E-state index is 0.688. The van der Waals surface area contributed by atoms with Crippen molar-refractivity contribution in [2.45, 2.75) is 32.0 Å². The summed E-state index contributed by atoms with van der Waals surface area (Å²) in [5.74, 6) is 1.72. The molecule has 4 rings (SSSR count).